The van der Waals surface area contributed by atoms with Crippen LogP contribution < -0.4 is 0 Å². The van der Waals surface area contributed by atoms with Crippen molar-refractivity contribution in [1.29, 1.82) is 0 Å². The molecule has 1 saturated heterocycles. The maximum atomic E-state index is 5.45. The van der Waals surface area contributed by atoms with Gasteiger partial charge in [0.1, 0.15) is 6.61 Å². The molecule has 0 spiro atoms. The Kier molecular flexibility index (Phi) is 5.32. The van der Waals surface area contributed by atoms with Crippen LogP contribution in [0.5, 0.6) is 0 Å². The monoisotopic (exact) mass is 174 g/mol. The van der Waals surface area contributed by atoms with Gasteiger partial charge in [0.05, 0.1) is 12.7 Å². The summed E-state index contributed by atoms with van der Waals surface area (Å²) >= 11 is 0. The molecule has 0 aromatic carbocycles. The zero-order valence-corrected chi connectivity index (χ0v) is 7.75. The van der Waals surface area contributed by atoms with Gasteiger partial charge in [-0.3, -0.25) is 0 Å². The molecule has 1 atom stereocenters. The highest BCUT2D eigenvalue weighted by Crippen LogP contribution is 2.12. The Morgan fingerprint density at radius 1 is 1.33 bits per heavy atom. The Morgan fingerprint density at radius 3 is 2.92 bits per heavy atom. The highest BCUT2D eigenvalue weighted by atomic mass is 17.2. The van der Waals surface area contributed by atoms with Crippen LogP contribution in [0.25, 0.3) is 0 Å². The average Bonchev–Trinajstić information content (AvgIpc) is 2.14. The van der Waals surface area contributed by atoms with Gasteiger partial charge in [0.15, 0.2) is 0 Å². The third-order valence-electron chi connectivity index (χ3n) is 1.90. The molecule has 12 heavy (non-hydrogen) atoms. The highest BCUT2D eigenvalue weighted by molar-refractivity contribution is 4.61. The normalized spacial score (nSPS) is 24.2. The number of ether oxygens (including phenoxy) is 1. The van der Waals surface area contributed by atoms with Crippen molar-refractivity contribution >= 4 is 0 Å². The van der Waals surface area contributed by atoms with Crippen molar-refractivity contribution in [2.75, 3.05) is 19.8 Å². The van der Waals surface area contributed by atoms with Gasteiger partial charge in [0.2, 0.25) is 0 Å². The first-order chi connectivity index (χ1) is 5.93. The molecule has 0 N–H and O–H groups in total. The molecule has 1 fully saturated rings. The Bertz CT molecular complexity index is 99.9. The standard InChI is InChI=1S/C9H18O3/c1-2-6-11-12-8-9-5-3-4-7-10-9/h9H,2-8H2,1H3. The highest BCUT2D eigenvalue weighted by Gasteiger charge is 2.13. The molecule has 0 aliphatic carbocycles. The van der Waals surface area contributed by atoms with Crippen LogP contribution >= 0.6 is 0 Å². The molecule has 3 nitrogen and oxygen atoms in total. The van der Waals surface area contributed by atoms with Gasteiger partial charge in [-0.25, -0.2) is 9.78 Å². The average molecular weight is 174 g/mol. The van der Waals surface area contributed by atoms with E-state index in [1.165, 1.54) is 12.8 Å². The van der Waals surface area contributed by atoms with E-state index in [-0.39, 0.29) is 6.10 Å². The van der Waals surface area contributed by atoms with E-state index in [1.54, 1.807) is 0 Å². The lowest BCUT2D eigenvalue weighted by molar-refractivity contribution is -0.308. The lowest BCUT2D eigenvalue weighted by atomic mass is 10.1. The quantitative estimate of drug-likeness (QED) is 0.362. The van der Waals surface area contributed by atoms with E-state index in [1.807, 2.05) is 0 Å². The third-order valence-corrected chi connectivity index (χ3v) is 1.90. The number of hydrogen-bond donors (Lipinski definition) is 0. The van der Waals surface area contributed by atoms with Crippen molar-refractivity contribution < 1.29 is 14.5 Å². The molecular formula is C9H18O3. The summed E-state index contributed by atoms with van der Waals surface area (Å²) in [6.07, 6.45) is 4.80. The predicted octanol–water partition coefficient (Wildman–Crippen LogP) is 1.91. The van der Waals surface area contributed by atoms with Crippen molar-refractivity contribution in [2.45, 2.75) is 38.7 Å². The smallest absolute Gasteiger partial charge is 0.108 e. The van der Waals surface area contributed by atoms with E-state index < -0.39 is 0 Å². The molecular weight excluding hydrogens is 156 g/mol. The van der Waals surface area contributed by atoms with Crippen LogP contribution in [0.2, 0.25) is 0 Å². The van der Waals surface area contributed by atoms with E-state index in [4.69, 9.17) is 14.5 Å². The predicted molar refractivity (Wildman–Crippen MR) is 45.8 cm³/mol. The van der Waals surface area contributed by atoms with Crippen LogP contribution in [0.3, 0.4) is 0 Å². The second kappa shape index (κ2) is 6.40. The summed E-state index contributed by atoms with van der Waals surface area (Å²) in [5.41, 5.74) is 0. The summed E-state index contributed by atoms with van der Waals surface area (Å²) in [6.45, 7) is 4.19. The molecule has 0 bridgehead atoms. The molecule has 1 unspecified atom stereocenters. The van der Waals surface area contributed by atoms with Crippen molar-refractivity contribution in [3.8, 4) is 0 Å². The Morgan fingerprint density at radius 2 is 2.25 bits per heavy atom. The van der Waals surface area contributed by atoms with Crippen molar-refractivity contribution in [3.63, 3.8) is 0 Å². The zero-order chi connectivity index (χ0) is 8.65. The molecule has 72 valence electrons. The fraction of sp³-hybridized carbons (Fsp3) is 1.00. The third kappa shape index (κ3) is 4.04. The maximum absolute atomic E-state index is 5.45. The molecule has 1 aliphatic heterocycles. The van der Waals surface area contributed by atoms with Crippen molar-refractivity contribution in [3.05, 3.63) is 0 Å². The molecule has 1 heterocycles. The fourth-order valence-corrected chi connectivity index (χ4v) is 1.21. The van der Waals surface area contributed by atoms with Crippen molar-refractivity contribution in [2.24, 2.45) is 0 Å². The molecule has 0 saturated carbocycles. The summed E-state index contributed by atoms with van der Waals surface area (Å²) in [4.78, 5) is 9.89. The molecule has 0 radical (unpaired) electrons. The summed E-state index contributed by atoms with van der Waals surface area (Å²) in [5, 5.41) is 0. The largest absolute Gasteiger partial charge is 0.376 e. The van der Waals surface area contributed by atoms with E-state index >= 15 is 0 Å². The molecule has 0 aromatic rings. The second-order valence-electron chi connectivity index (χ2n) is 3.10. The molecule has 3 heteroatoms. The van der Waals surface area contributed by atoms with Gasteiger partial charge in [-0.05, 0) is 25.7 Å². The lowest BCUT2D eigenvalue weighted by Gasteiger charge is -2.21. The minimum atomic E-state index is 0.260. The minimum absolute atomic E-state index is 0.260. The van der Waals surface area contributed by atoms with E-state index in [9.17, 15) is 0 Å². The summed E-state index contributed by atoms with van der Waals surface area (Å²) < 4.78 is 5.45. The fourth-order valence-electron chi connectivity index (χ4n) is 1.21. The molecule has 1 rings (SSSR count). The molecule has 0 amide bonds. The van der Waals surface area contributed by atoms with Gasteiger partial charge in [-0.1, -0.05) is 6.92 Å². The van der Waals surface area contributed by atoms with Crippen molar-refractivity contribution in [1.82, 2.24) is 0 Å². The van der Waals surface area contributed by atoms with Crippen LogP contribution in [0, 0.1) is 0 Å². The van der Waals surface area contributed by atoms with Crippen LogP contribution in [0.15, 0.2) is 0 Å². The molecule has 1 aliphatic rings. The lowest BCUT2D eigenvalue weighted by Crippen LogP contribution is -2.24. The van der Waals surface area contributed by atoms with Crippen LogP contribution in [-0.4, -0.2) is 25.9 Å². The number of hydrogen-bond acceptors (Lipinski definition) is 3. The van der Waals surface area contributed by atoms with Crippen LogP contribution in [0.4, 0.5) is 0 Å². The van der Waals surface area contributed by atoms with E-state index in [2.05, 4.69) is 6.92 Å². The topological polar surface area (TPSA) is 27.7 Å². The van der Waals surface area contributed by atoms with Crippen LogP contribution in [0.1, 0.15) is 32.6 Å². The summed E-state index contributed by atoms with van der Waals surface area (Å²) in [6, 6.07) is 0. The van der Waals surface area contributed by atoms with Gasteiger partial charge in [-0.15, -0.1) is 0 Å². The van der Waals surface area contributed by atoms with Gasteiger partial charge in [-0.2, -0.15) is 0 Å². The first-order valence-corrected chi connectivity index (χ1v) is 4.79. The Balaban J connectivity index is 1.91. The second-order valence-corrected chi connectivity index (χ2v) is 3.10. The molecule has 0 aromatic heterocycles. The van der Waals surface area contributed by atoms with E-state index in [0.717, 1.165) is 19.4 Å². The Labute approximate surface area is 73.9 Å². The van der Waals surface area contributed by atoms with Gasteiger partial charge < -0.3 is 4.74 Å². The van der Waals surface area contributed by atoms with Gasteiger partial charge in [0, 0.05) is 6.61 Å². The SMILES string of the molecule is CCCOOCC1CCCCO1. The Hall–Kier alpha value is -0.120. The van der Waals surface area contributed by atoms with Crippen LogP contribution in [-0.2, 0) is 14.5 Å². The van der Waals surface area contributed by atoms with Gasteiger partial charge in [0.25, 0.3) is 0 Å². The summed E-state index contributed by atoms with van der Waals surface area (Å²) in [7, 11) is 0. The summed E-state index contributed by atoms with van der Waals surface area (Å²) in [5.74, 6) is 0. The van der Waals surface area contributed by atoms with Gasteiger partial charge >= 0.3 is 0 Å². The first kappa shape index (κ1) is 9.96. The minimum Gasteiger partial charge on any atom is -0.376 e. The first-order valence-electron chi connectivity index (χ1n) is 4.79. The maximum Gasteiger partial charge on any atom is 0.108 e. The zero-order valence-electron chi connectivity index (χ0n) is 7.75. The number of rotatable bonds is 5. The van der Waals surface area contributed by atoms with E-state index in [0.29, 0.717) is 13.2 Å².